The minimum atomic E-state index is -0.530. The molecular weight excluding hydrogens is 598 g/mol. The van der Waals surface area contributed by atoms with Gasteiger partial charge in [-0.2, -0.15) is 0 Å². The molecule has 2 N–H and O–H groups in total. The molecule has 6 heteroatoms. The summed E-state index contributed by atoms with van der Waals surface area (Å²) in [6, 6.07) is 18.8. The topological polar surface area (TPSA) is 37.2 Å². The van der Waals surface area contributed by atoms with Crippen molar-refractivity contribution in [3.63, 3.8) is 0 Å². The van der Waals surface area contributed by atoms with Crippen LogP contribution >= 0.6 is 56.8 Å². The van der Waals surface area contributed by atoms with Gasteiger partial charge in [0.15, 0.2) is 0 Å². The van der Waals surface area contributed by atoms with Gasteiger partial charge >= 0.3 is 0 Å². The van der Waals surface area contributed by atoms with Crippen LogP contribution in [-0.4, -0.2) is 22.3 Å². The van der Waals surface area contributed by atoms with Gasteiger partial charge < -0.3 is 15.0 Å². The maximum Gasteiger partial charge on any atom is 0.0891 e. The lowest BCUT2D eigenvalue weighted by atomic mass is 10.2. The Balaban J connectivity index is 1.62. The van der Waals surface area contributed by atoms with Crippen LogP contribution in [-0.2, 0) is 6.54 Å². The Hall–Kier alpha value is -1.03. The molecule has 0 fully saturated rings. The van der Waals surface area contributed by atoms with Gasteiger partial charge in [0.2, 0.25) is 0 Å². The summed E-state index contributed by atoms with van der Waals surface area (Å²) in [4.78, 5) is 0. The molecule has 0 amide bonds. The van der Waals surface area contributed by atoms with E-state index in [1.54, 1.807) is 0 Å². The normalized spacial score (nSPS) is 12.6. The highest BCUT2D eigenvalue weighted by molar-refractivity contribution is 14.1. The number of hydrogen-bond donors (Lipinski definition) is 2. The van der Waals surface area contributed by atoms with Gasteiger partial charge in [-0.15, -0.1) is 0 Å². The molecule has 0 saturated carbocycles. The van der Waals surface area contributed by atoms with E-state index in [1.807, 2.05) is 25.1 Å². The first-order valence-electron chi connectivity index (χ1n) is 8.97. The van der Waals surface area contributed by atoms with E-state index in [0.29, 0.717) is 13.1 Å². The molecule has 4 aromatic rings. The fourth-order valence-corrected chi connectivity index (χ4v) is 4.62. The number of aromatic nitrogens is 1. The van der Waals surface area contributed by atoms with Gasteiger partial charge in [0.1, 0.15) is 0 Å². The molecule has 1 atom stereocenters. The maximum atomic E-state index is 10.7. The molecule has 28 heavy (non-hydrogen) atoms. The van der Waals surface area contributed by atoms with Gasteiger partial charge in [-0.1, -0.05) is 17.7 Å². The van der Waals surface area contributed by atoms with E-state index >= 15 is 0 Å². The maximum absolute atomic E-state index is 10.7. The van der Waals surface area contributed by atoms with Crippen LogP contribution in [0.3, 0.4) is 0 Å². The summed E-state index contributed by atoms with van der Waals surface area (Å²) in [6.45, 7) is 2.95. The number of nitrogens with one attached hydrogen (secondary N) is 1. The number of rotatable bonds is 5. The average molecular weight is 617 g/mol. The molecule has 3 nitrogen and oxygen atoms in total. The minimum Gasteiger partial charge on any atom is -0.389 e. The van der Waals surface area contributed by atoms with E-state index < -0.39 is 6.10 Å². The zero-order chi connectivity index (χ0) is 19.8. The van der Waals surface area contributed by atoms with Crippen LogP contribution in [0.4, 0.5) is 5.69 Å². The van der Waals surface area contributed by atoms with Crippen molar-refractivity contribution in [1.29, 1.82) is 0 Å². The highest BCUT2D eigenvalue weighted by Crippen LogP contribution is 2.31. The summed E-state index contributed by atoms with van der Waals surface area (Å²) < 4.78 is 4.63. The Kier molecular flexibility index (Phi) is 6.06. The second-order valence-electron chi connectivity index (χ2n) is 6.93. The summed E-state index contributed by atoms with van der Waals surface area (Å²) in [6.07, 6.45) is -0.530. The predicted octanol–water partition coefficient (Wildman–Crippen LogP) is 6.44. The number of aliphatic hydroxyl groups excluding tert-OH is 1. The molecule has 0 aliphatic heterocycles. The average Bonchev–Trinajstić information content (AvgIpc) is 2.95. The fourth-order valence-electron chi connectivity index (χ4n) is 3.46. The van der Waals surface area contributed by atoms with Crippen LogP contribution in [0.1, 0.15) is 5.56 Å². The van der Waals surface area contributed by atoms with Gasteiger partial charge in [0.05, 0.1) is 12.6 Å². The first kappa shape index (κ1) is 20.3. The van der Waals surface area contributed by atoms with E-state index in [4.69, 9.17) is 11.6 Å². The van der Waals surface area contributed by atoms with Gasteiger partial charge in [-0.3, -0.25) is 0 Å². The van der Waals surface area contributed by atoms with Crippen molar-refractivity contribution in [3.8, 4) is 0 Å². The largest absolute Gasteiger partial charge is 0.389 e. The van der Waals surface area contributed by atoms with Crippen LogP contribution in [0.15, 0.2) is 54.6 Å². The lowest BCUT2D eigenvalue weighted by Gasteiger charge is -2.16. The second-order valence-corrected chi connectivity index (χ2v) is 9.83. The Bertz CT molecular complexity index is 1110. The van der Waals surface area contributed by atoms with E-state index in [-0.39, 0.29) is 0 Å². The zero-order valence-electron chi connectivity index (χ0n) is 15.2. The third-order valence-electron chi connectivity index (χ3n) is 4.90. The molecule has 1 aromatic heterocycles. The van der Waals surface area contributed by atoms with E-state index in [9.17, 15) is 5.11 Å². The second kappa shape index (κ2) is 8.38. The molecule has 0 saturated heterocycles. The standard InChI is InChI=1S/C22H19ClI2N2O/c1-13-2-5-16(10-20(13)23)26-11-17(28)12-27-21-6-3-14(24)8-18(21)19-9-15(25)4-7-22(19)27/h2-10,17,26,28H,11-12H2,1H3. The van der Waals surface area contributed by atoms with Crippen molar-refractivity contribution in [2.24, 2.45) is 0 Å². The molecular formula is C22H19ClI2N2O. The molecule has 1 unspecified atom stereocenters. The predicted molar refractivity (Wildman–Crippen MR) is 136 cm³/mol. The van der Waals surface area contributed by atoms with Gasteiger partial charge in [-0.25, -0.2) is 0 Å². The van der Waals surface area contributed by atoms with Crippen molar-refractivity contribution >= 4 is 84.3 Å². The Morgan fingerprint density at radius 3 is 2.14 bits per heavy atom. The lowest BCUT2D eigenvalue weighted by Crippen LogP contribution is -2.24. The fraction of sp³-hybridized carbons (Fsp3) is 0.182. The van der Waals surface area contributed by atoms with Crippen LogP contribution in [0.2, 0.25) is 5.02 Å². The molecule has 0 aliphatic carbocycles. The SMILES string of the molecule is Cc1ccc(NCC(O)Cn2c3ccc(I)cc3c3cc(I)ccc32)cc1Cl. The quantitative estimate of drug-likeness (QED) is 0.254. The monoisotopic (exact) mass is 616 g/mol. The minimum absolute atomic E-state index is 0.454. The molecule has 4 rings (SSSR count). The number of aryl methyl sites for hydroxylation is 1. The van der Waals surface area contributed by atoms with Crippen molar-refractivity contribution in [1.82, 2.24) is 4.57 Å². The van der Waals surface area contributed by atoms with Crippen LogP contribution in [0.5, 0.6) is 0 Å². The molecule has 0 radical (unpaired) electrons. The van der Waals surface area contributed by atoms with Gasteiger partial charge in [0.25, 0.3) is 0 Å². The highest BCUT2D eigenvalue weighted by Gasteiger charge is 2.14. The van der Waals surface area contributed by atoms with E-state index in [0.717, 1.165) is 27.3 Å². The number of anilines is 1. The molecule has 0 aliphatic rings. The number of halogens is 3. The Morgan fingerprint density at radius 2 is 1.57 bits per heavy atom. The number of benzene rings is 3. The zero-order valence-corrected chi connectivity index (χ0v) is 20.3. The molecule has 0 bridgehead atoms. The summed E-state index contributed by atoms with van der Waals surface area (Å²) in [5.74, 6) is 0. The smallest absolute Gasteiger partial charge is 0.0891 e. The Labute approximate surface area is 196 Å². The molecule has 0 spiro atoms. The summed E-state index contributed by atoms with van der Waals surface area (Å²) in [5.41, 5.74) is 4.26. The third-order valence-corrected chi connectivity index (χ3v) is 6.65. The number of aliphatic hydroxyl groups is 1. The van der Waals surface area contributed by atoms with E-state index in [2.05, 4.69) is 91.5 Å². The lowest BCUT2D eigenvalue weighted by molar-refractivity contribution is 0.169. The summed E-state index contributed by atoms with van der Waals surface area (Å²) >= 11 is 10.9. The van der Waals surface area contributed by atoms with Crippen molar-refractivity contribution in [2.45, 2.75) is 19.6 Å². The molecule has 144 valence electrons. The van der Waals surface area contributed by atoms with Crippen molar-refractivity contribution < 1.29 is 5.11 Å². The van der Waals surface area contributed by atoms with Gasteiger partial charge in [-0.05, 0) is 106 Å². The first-order valence-corrected chi connectivity index (χ1v) is 11.5. The third kappa shape index (κ3) is 4.13. The van der Waals surface area contributed by atoms with Crippen LogP contribution in [0.25, 0.3) is 21.8 Å². The van der Waals surface area contributed by atoms with E-state index in [1.165, 1.54) is 17.9 Å². The van der Waals surface area contributed by atoms with Crippen molar-refractivity contribution in [2.75, 3.05) is 11.9 Å². The number of nitrogens with zero attached hydrogens (tertiary/aromatic N) is 1. The number of hydrogen-bond acceptors (Lipinski definition) is 2. The number of fused-ring (bicyclic) bond motifs is 3. The highest BCUT2D eigenvalue weighted by atomic mass is 127. The van der Waals surface area contributed by atoms with Crippen LogP contribution < -0.4 is 5.32 Å². The molecule has 1 heterocycles. The van der Waals surface area contributed by atoms with Gasteiger partial charge in [0, 0.05) is 46.2 Å². The summed E-state index contributed by atoms with van der Waals surface area (Å²) in [7, 11) is 0. The Morgan fingerprint density at radius 1 is 0.964 bits per heavy atom. The van der Waals surface area contributed by atoms with Crippen LogP contribution in [0, 0.1) is 14.1 Å². The summed E-state index contributed by atoms with van der Waals surface area (Å²) in [5, 5.41) is 17.2. The first-order chi connectivity index (χ1) is 13.4. The molecule has 3 aromatic carbocycles. The van der Waals surface area contributed by atoms with Crippen molar-refractivity contribution in [3.05, 3.63) is 72.3 Å².